The predicted molar refractivity (Wildman–Crippen MR) is 84.6 cm³/mol. The fraction of sp³-hybridized carbons (Fsp3) is 0.200. The Morgan fingerprint density at radius 2 is 1.63 bits per heavy atom. The first-order valence-electron chi connectivity index (χ1n) is 6.06. The number of nitrogens with one attached hydrogen (secondary N) is 1. The monoisotopic (exact) mass is 313 g/mol. The van der Waals surface area contributed by atoms with Crippen molar-refractivity contribution in [2.45, 2.75) is 19.4 Å². The Kier molecular flexibility index (Phi) is 4.98. The van der Waals surface area contributed by atoms with Gasteiger partial charge >= 0.3 is 0 Å². The van der Waals surface area contributed by atoms with Gasteiger partial charge in [-0.05, 0) is 42.3 Å². The van der Waals surface area contributed by atoms with Crippen molar-refractivity contribution in [3.8, 4) is 0 Å². The minimum atomic E-state index is 0.174. The zero-order chi connectivity index (χ0) is 13.8. The maximum atomic E-state index is 6.03. The molecule has 1 N–H and O–H groups in total. The van der Waals surface area contributed by atoms with E-state index in [1.54, 1.807) is 6.07 Å². The third-order valence-corrected chi connectivity index (χ3v) is 3.53. The second kappa shape index (κ2) is 6.51. The Labute approximate surface area is 128 Å². The van der Waals surface area contributed by atoms with Gasteiger partial charge in [0.25, 0.3) is 0 Å². The van der Waals surface area contributed by atoms with E-state index < -0.39 is 0 Å². The minimum Gasteiger partial charge on any atom is -0.378 e. The highest BCUT2D eigenvalue weighted by molar-refractivity contribution is 6.35. The van der Waals surface area contributed by atoms with E-state index in [1.165, 1.54) is 0 Å². The van der Waals surface area contributed by atoms with Gasteiger partial charge in [-0.15, -0.1) is 0 Å². The molecule has 1 nitrogen and oxygen atoms in total. The van der Waals surface area contributed by atoms with E-state index in [0.29, 0.717) is 10.0 Å². The summed E-state index contributed by atoms with van der Waals surface area (Å²) in [6.45, 7) is 2.12. The summed E-state index contributed by atoms with van der Waals surface area (Å²) in [5.74, 6) is 0. The van der Waals surface area contributed by atoms with Crippen LogP contribution >= 0.6 is 34.8 Å². The van der Waals surface area contributed by atoms with Crippen LogP contribution < -0.4 is 5.32 Å². The number of hydrogen-bond donors (Lipinski definition) is 1. The summed E-state index contributed by atoms with van der Waals surface area (Å²) in [6.07, 6.45) is 0.935. The largest absolute Gasteiger partial charge is 0.378 e. The molecule has 0 aliphatic rings. The van der Waals surface area contributed by atoms with E-state index in [1.807, 2.05) is 30.3 Å². The van der Waals surface area contributed by atoms with Crippen molar-refractivity contribution in [3.05, 3.63) is 63.1 Å². The molecule has 0 radical (unpaired) electrons. The smallest absolute Gasteiger partial charge is 0.0511 e. The summed E-state index contributed by atoms with van der Waals surface area (Å²) in [4.78, 5) is 0. The van der Waals surface area contributed by atoms with Crippen LogP contribution in [0.1, 0.15) is 24.9 Å². The number of rotatable bonds is 4. The van der Waals surface area contributed by atoms with Gasteiger partial charge in [0.2, 0.25) is 0 Å². The molecule has 0 amide bonds. The Hall–Kier alpha value is -0.890. The molecular weight excluding hydrogens is 301 g/mol. The first kappa shape index (κ1) is 14.5. The zero-order valence-corrected chi connectivity index (χ0v) is 12.7. The van der Waals surface area contributed by atoms with Crippen LogP contribution in [0.4, 0.5) is 5.69 Å². The standard InChI is InChI=1S/C15H14Cl3N/c1-2-15(10-4-3-5-11(16)6-10)19-14-8-12(17)7-13(18)9-14/h3-9,15,19H,2H2,1H3. The van der Waals surface area contributed by atoms with Crippen LogP contribution in [0.15, 0.2) is 42.5 Å². The van der Waals surface area contributed by atoms with Gasteiger partial charge in [0.05, 0.1) is 6.04 Å². The lowest BCUT2D eigenvalue weighted by Gasteiger charge is -2.19. The van der Waals surface area contributed by atoms with Gasteiger partial charge in [-0.1, -0.05) is 53.9 Å². The van der Waals surface area contributed by atoms with Crippen LogP contribution in [0.2, 0.25) is 15.1 Å². The molecule has 1 atom stereocenters. The molecule has 2 rings (SSSR count). The van der Waals surface area contributed by atoms with Gasteiger partial charge in [-0.25, -0.2) is 0 Å². The highest BCUT2D eigenvalue weighted by atomic mass is 35.5. The van der Waals surface area contributed by atoms with Crippen LogP contribution in [0.5, 0.6) is 0 Å². The highest BCUT2D eigenvalue weighted by Gasteiger charge is 2.10. The average molecular weight is 315 g/mol. The Morgan fingerprint density at radius 3 is 2.21 bits per heavy atom. The van der Waals surface area contributed by atoms with E-state index in [-0.39, 0.29) is 6.04 Å². The van der Waals surface area contributed by atoms with Crippen molar-refractivity contribution >= 4 is 40.5 Å². The molecule has 0 fully saturated rings. The van der Waals surface area contributed by atoms with Crippen molar-refractivity contribution in [1.29, 1.82) is 0 Å². The normalized spacial score (nSPS) is 12.2. The molecule has 4 heteroatoms. The topological polar surface area (TPSA) is 12.0 Å². The first-order chi connectivity index (χ1) is 9.08. The number of hydrogen-bond acceptors (Lipinski definition) is 1. The van der Waals surface area contributed by atoms with Crippen molar-refractivity contribution in [2.24, 2.45) is 0 Å². The van der Waals surface area contributed by atoms with Crippen LogP contribution in [-0.4, -0.2) is 0 Å². The fourth-order valence-corrected chi connectivity index (χ4v) is 2.71. The maximum absolute atomic E-state index is 6.03. The van der Waals surface area contributed by atoms with Crippen LogP contribution in [0, 0.1) is 0 Å². The molecule has 0 heterocycles. The average Bonchev–Trinajstić information content (AvgIpc) is 2.34. The number of halogens is 3. The maximum Gasteiger partial charge on any atom is 0.0511 e. The molecule has 19 heavy (non-hydrogen) atoms. The lowest BCUT2D eigenvalue weighted by Crippen LogP contribution is -2.09. The summed E-state index contributed by atoms with van der Waals surface area (Å²) in [7, 11) is 0. The van der Waals surface area contributed by atoms with Gasteiger partial charge < -0.3 is 5.32 Å². The SMILES string of the molecule is CCC(Nc1cc(Cl)cc(Cl)c1)c1cccc(Cl)c1. The minimum absolute atomic E-state index is 0.174. The second-order valence-corrected chi connectivity index (χ2v) is 5.63. The highest BCUT2D eigenvalue weighted by Crippen LogP contribution is 2.28. The quantitative estimate of drug-likeness (QED) is 0.707. The predicted octanol–water partition coefficient (Wildman–Crippen LogP) is 6.21. The van der Waals surface area contributed by atoms with Crippen molar-refractivity contribution < 1.29 is 0 Å². The van der Waals surface area contributed by atoms with Gasteiger partial charge in [0.1, 0.15) is 0 Å². The summed E-state index contributed by atoms with van der Waals surface area (Å²) in [6, 6.07) is 13.5. The summed E-state index contributed by atoms with van der Waals surface area (Å²) in [5, 5.41) is 5.41. The van der Waals surface area contributed by atoms with Crippen LogP contribution in [0.25, 0.3) is 0 Å². The molecular formula is C15H14Cl3N. The first-order valence-corrected chi connectivity index (χ1v) is 7.20. The Balaban J connectivity index is 2.23. The van der Waals surface area contributed by atoms with Crippen LogP contribution in [-0.2, 0) is 0 Å². The van der Waals surface area contributed by atoms with Crippen molar-refractivity contribution in [2.75, 3.05) is 5.32 Å². The summed E-state index contributed by atoms with van der Waals surface area (Å²) < 4.78 is 0. The van der Waals surface area contributed by atoms with Crippen molar-refractivity contribution in [1.82, 2.24) is 0 Å². The van der Waals surface area contributed by atoms with Gasteiger partial charge in [-0.2, -0.15) is 0 Å². The zero-order valence-electron chi connectivity index (χ0n) is 10.5. The van der Waals surface area contributed by atoms with E-state index in [9.17, 15) is 0 Å². The van der Waals surface area contributed by atoms with Gasteiger partial charge in [0, 0.05) is 20.8 Å². The molecule has 0 bridgehead atoms. The molecule has 0 saturated carbocycles. The second-order valence-electron chi connectivity index (χ2n) is 4.32. The van der Waals surface area contributed by atoms with E-state index in [4.69, 9.17) is 34.8 Å². The molecule has 0 spiro atoms. The summed E-state index contributed by atoms with van der Waals surface area (Å²) in [5.41, 5.74) is 2.05. The molecule has 100 valence electrons. The molecule has 0 aliphatic heterocycles. The van der Waals surface area contributed by atoms with Crippen LogP contribution in [0.3, 0.4) is 0 Å². The Morgan fingerprint density at radius 1 is 0.947 bits per heavy atom. The van der Waals surface area contributed by atoms with Crippen molar-refractivity contribution in [3.63, 3.8) is 0 Å². The molecule has 2 aromatic rings. The van der Waals surface area contributed by atoms with Gasteiger partial charge in [0.15, 0.2) is 0 Å². The molecule has 2 aromatic carbocycles. The molecule has 1 unspecified atom stereocenters. The molecule has 0 aliphatic carbocycles. The molecule has 0 aromatic heterocycles. The summed E-state index contributed by atoms with van der Waals surface area (Å²) >= 11 is 18.0. The lowest BCUT2D eigenvalue weighted by atomic mass is 10.0. The number of benzene rings is 2. The number of anilines is 1. The third-order valence-electron chi connectivity index (χ3n) is 2.86. The van der Waals surface area contributed by atoms with E-state index in [2.05, 4.69) is 18.3 Å². The fourth-order valence-electron chi connectivity index (χ4n) is 1.98. The molecule has 0 saturated heterocycles. The van der Waals surface area contributed by atoms with E-state index >= 15 is 0 Å². The third kappa shape index (κ3) is 4.04. The van der Waals surface area contributed by atoms with Gasteiger partial charge in [-0.3, -0.25) is 0 Å². The lowest BCUT2D eigenvalue weighted by molar-refractivity contribution is 0.749. The Bertz CT molecular complexity index is 549. The van der Waals surface area contributed by atoms with E-state index in [0.717, 1.165) is 22.7 Å².